The van der Waals surface area contributed by atoms with Crippen molar-refractivity contribution >= 4 is 39.7 Å². The average Bonchev–Trinajstić information content (AvgIpc) is 2.75. The maximum Gasteiger partial charge on any atom is 0.126 e. The third kappa shape index (κ3) is 4.74. The van der Waals surface area contributed by atoms with E-state index in [1.165, 1.54) is 0 Å². The van der Waals surface area contributed by atoms with Gasteiger partial charge in [-0.15, -0.1) is 0 Å². The Bertz CT molecular complexity index is 1050. The van der Waals surface area contributed by atoms with E-state index >= 15 is 0 Å². The number of ether oxygens (including phenoxy) is 1. The van der Waals surface area contributed by atoms with E-state index in [2.05, 4.69) is 31.6 Å². The molecule has 3 heterocycles. The van der Waals surface area contributed by atoms with Gasteiger partial charge in [0.25, 0.3) is 0 Å². The second-order valence-electron chi connectivity index (χ2n) is 6.76. The molecular weight excluding hydrogens is 388 g/mol. The maximum atomic E-state index is 9.56. The summed E-state index contributed by atoms with van der Waals surface area (Å²) in [6, 6.07) is 11.5. The summed E-state index contributed by atoms with van der Waals surface area (Å²) in [5.41, 5.74) is 2.67. The highest BCUT2D eigenvalue weighted by atomic mass is 35.5. The zero-order valence-corrected chi connectivity index (χ0v) is 16.6. The highest BCUT2D eigenvalue weighted by molar-refractivity contribution is 6.30. The van der Waals surface area contributed by atoms with E-state index in [1.54, 1.807) is 12.4 Å². The summed E-state index contributed by atoms with van der Waals surface area (Å²) in [5.74, 6) is 0.747. The lowest BCUT2D eigenvalue weighted by Gasteiger charge is -2.26. The normalized spacial score (nSPS) is 14.5. The zero-order valence-electron chi connectivity index (χ0n) is 15.9. The van der Waals surface area contributed by atoms with Crippen molar-refractivity contribution in [1.82, 2.24) is 14.9 Å². The number of halogens is 1. The van der Waals surface area contributed by atoms with Gasteiger partial charge in [0.2, 0.25) is 0 Å². The second kappa shape index (κ2) is 9.05. The topological polar surface area (TPSA) is 86.1 Å². The number of morpholine rings is 1. The van der Waals surface area contributed by atoms with E-state index in [9.17, 15) is 5.26 Å². The molecule has 0 unspecified atom stereocenters. The van der Waals surface area contributed by atoms with Crippen LogP contribution in [0, 0.1) is 11.3 Å². The van der Waals surface area contributed by atoms with Gasteiger partial charge in [-0.3, -0.25) is 9.88 Å². The van der Waals surface area contributed by atoms with Crippen LogP contribution in [-0.2, 0) is 4.74 Å². The van der Waals surface area contributed by atoms with Crippen molar-refractivity contribution in [2.75, 3.05) is 50.0 Å². The Hall–Kier alpha value is -2.92. The van der Waals surface area contributed by atoms with E-state index in [4.69, 9.17) is 16.3 Å². The Morgan fingerprint density at radius 1 is 1.17 bits per heavy atom. The van der Waals surface area contributed by atoms with Crippen molar-refractivity contribution in [2.24, 2.45) is 0 Å². The van der Waals surface area contributed by atoms with Crippen molar-refractivity contribution < 1.29 is 4.74 Å². The van der Waals surface area contributed by atoms with Crippen LogP contribution in [0.5, 0.6) is 0 Å². The number of aromatic nitrogens is 2. The van der Waals surface area contributed by atoms with E-state index in [-0.39, 0.29) is 0 Å². The Balaban J connectivity index is 1.57. The highest BCUT2D eigenvalue weighted by Crippen LogP contribution is 2.30. The number of hydrogen-bond donors (Lipinski definition) is 2. The molecule has 2 aromatic heterocycles. The summed E-state index contributed by atoms with van der Waals surface area (Å²) in [5, 5.41) is 17.7. The maximum absolute atomic E-state index is 9.56. The van der Waals surface area contributed by atoms with Crippen LogP contribution in [0.25, 0.3) is 10.9 Å². The summed E-state index contributed by atoms with van der Waals surface area (Å²) >= 11 is 6.10. The molecule has 0 saturated carbocycles. The van der Waals surface area contributed by atoms with Crippen molar-refractivity contribution in [3.05, 3.63) is 53.3 Å². The van der Waals surface area contributed by atoms with Gasteiger partial charge in [-0.2, -0.15) is 5.26 Å². The largest absolute Gasteiger partial charge is 0.379 e. The summed E-state index contributed by atoms with van der Waals surface area (Å²) in [6.07, 6.45) is 3.28. The summed E-state index contributed by atoms with van der Waals surface area (Å²) in [6.45, 7) is 5.19. The predicted octanol–water partition coefficient (Wildman–Crippen LogP) is 3.64. The number of pyridine rings is 2. The van der Waals surface area contributed by atoms with Gasteiger partial charge in [-0.25, -0.2) is 4.98 Å². The average molecular weight is 409 g/mol. The van der Waals surface area contributed by atoms with Crippen LogP contribution < -0.4 is 10.6 Å². The molecule has 148 valence electrons. The Labute approximate surface area is 174 Å². The molecule has 1 saturated heterocycles. The molecule has 0 bridgehead atoms. The Morgan fingerprint density at radius 3 is 2.83 bits per heavy atom. The van der Waals surface area contributed by atoms with Crippen molar-refractivity contribution in [2.45, 2.75) is 0 Å². The minimum Gasteiger partial charge on any atom is -0.379 e. The molecule has 1 aliphatic rings. The first-order valence-corrected chi connectivity index (χ1v) is 9.86. The first kappa shape index (κ1) is 19.4. The van der Waals surface area contributed by atoms with Gasteiger partial charge < -0.3 is 15.4 Å². The predicted molar refractivity (Wildman–Crippen MR) is 115 cm³/mol. The molecule has 0 spiro atoms. The Morgan fingerprint density at radius 2 is 2.03 bits per heavy atom. The van der Waals surface area contributed by atoms with Gasteiger partial charge in [-0.05, 0) is 24.3 Å². The summed E-state index contributed by atoms with van der Waals surface area (Å²) in [4.78, 5) is 11.2. The molecule has 0 atom stereocenters. The lowest BCUT2D eigenvalue weighted by molar-refractivity contribution is 0.0398. The molecule has 4 rings (SSSR count). The fourth-order valence-corrected chi connectivity index (χ4v) is 3.48. The number of anilines is 3. The number of rotatable bonds is 6. The van der Waals surface area contributed by atoms with Crippen LogP contribution in [0.4, 0.5) is 17.2 Å². The molecule has 8 heteroatoms. The molecule has 1 fully saturated rings. The third-order valence-corrected chi connectivity index (χ3v) is 5.04. The van der Waals surface area contributed by atoms with Gasteiger partial charge >= 0.3 is 0 Å². The molecule has 1 aliphatic heterocycles. The van der Waals surface area contributed by atoms with Crippen LogP contribution in [0.15, 0.2) is 42.7 Å². The number of benzene rings is 1. The van der Waals surface area contributed by atoms with Crippen LogP contribution in [-0.4, -0.2) is 54.3 Å². The lowest BCUT2D eigenvalue weighted by atomic mass is 10.1. The molecular formula is C21H21ClN6O. The van der Waals surface area contributed by atoms with E-state index in [0.29, 0.717) is 21.8 Å². The smallest absolute Gasteiger partial charge is 0.126 e. The highest BCUT2D eigenvalue weighted by Gasteiger charge is 2.12. The van der Waals surface area contributed by atoms with Gasteiger partial charge in [0.1, 0.15) is 11.9 Å². The fraction of sp³-hybridized carbons (Fsp3) is 0.286. The van der Waals surface area contributed by atoms with Crippen molar-refractivity contribution in [1.29, 1.82) is 5.26 Å². The van der Waals surface area contributed by atoms with Crippen LogP contribution in [0.2, 0.25) is 5.02 Å². The number of nitrogens with zero attached hydrogens (tertiary/aromatic N) is 4. The van der Waals surface area contributed by atoms with Gasteiger partial charge in [0.15, 0.2) is 0 Å². The molecule has 7 nitrogen and oxygen atoms in total. The standard InChI is InChI=1S/C21H21ClN6O/c22-16-2-1-3-17(10-16)27-21-15(12-23)13-25-19-14-26-20(11-18(19)21)24-4-5-28-6-8-29-9-7-28/h1-3,10-11,13-14H,4-9H2,(H,24,26)(H,25,27). The van der Waals surface area contributed by atoms with E-state index in [0.717, 1.165) is 56.3 Å². The first-order valence-electron chi connectivity index (χ1n) is 9.48. The second-order valence-corrected chi connectivity index (χ2v) is 7.20. The van der Waals surface area contributed by atoms with E-state index in [1.807, 2.05) is 30.3 Å². The molecule has 0 aliphatic carbocycles. The Kier molecular flexibility index (Phi) is 6.06. The number of nitrogens with one attached hydrogen (secondary N) is 2. The molecule has 2 N–H and O–H groups in total. The number of fused-ring (bicyclic) bond motifs is 1. The number of nitriles is 1. The molecule has 1 aromatic carbocycles. The molecule has 0 radical (unpaired) electrons. The van der Waals surface area contributed by atoms with Gasteiger partial charge in [0.05, 0.1) is 36.2 Å². The minimum atomic E-state index is 0.461. The zero-order chi connectivity index (χ0) is 20.1. The summed E-state index contributed by atoms with van der Waals surface area (Å²) < 4.78 is 5.38. The molecule has 3 aromatic rings. The van der Waals surface area contributed by atoms with E-state index < -0.39 is 0 Å². The van der Waals surface area contributed by atoms with Crippen molar-refractivity contribution in [3.8, 4) is 6.07 Å². The quantitative estimate of drug-likeness (QED) is 0.643. The minimum absolute atomic E-state index is 0.461. The SMILES string of the molecule is N#Cc1cnc2cnc(NCCN3CCOCC3)cc2c1Nc1cccc(Cl)c1. The fourth-order valence-electron chi connectivity index (χ4n) is 3.29. The third-order valence-electron chi connectivity index (χ3n) is 4.81. The summed E-state index contributed by atoms with van der Waals surface area (Å²) in [7, 11) is 0. The monoisotopic (exact) mass is 408 g/mol. The molecule has 29 heavy (non-hydrogen) atoms. The van der Waals surface area contributed by atoms with Crippen LogP contribution in [0.3, 0.4) is 0 Å². The molecule has 0 amide bonds. The number of hydrogen-bond acceptors (Lipinski definition) is 7. The van der Waals surface area contributed by atoms with Crippen LogP contribution in [0.1, 0.15) is 5.56 Å². The van der Waals surface area contributed by atoms with Gasteiger partial charge in [-0.1, -0.05) is 17.7 Å². The lowest BCUT2D eigenvalue weighted by Crippen LogP contribution is -2.39. The van der Waals surface area contributed by atoms with Crippen LogP contribution >= 0.6 is 11.6 Å². The van der Waals surface area contributed by atoms with Crippen molar-refractivity contribution in [3.63, 3.8) is 0 Å². The first-order chi connectivity index (χ1) is 14.2. The van der Waals surface area contributed by atoms with Gasteiger partial charge in [0, 0.05) is 48.5 Å².